The van der Waals surface area contributed by atoms with Crippen LogP contribution < -0.4 is 5.73 Å². The number of nitrogens with zero attached hydrogens (tertiary/aromatic N) is 5. The first-order valence-corrected chi connectivity index (χ1v) is 7.96. The number of piperazine rings is 1. The van der Waals surface area contributed by atoms with Gasteiger partial charge < -0.3 is 15.5 Å². The highest BCUT2D eigenvalue weighted by atomic mass is 16.2. The highest BCUT2D eigenvalue weighted by Gasteiger charge is 2.19. The van der Waals surface area contributed by atoms with E-state index in [1.807, 2.05) is 36.1 Å². The fourth-order valence-electron chi connectivity index (χ4n) is 2.63. The van der Waals surface area contributed by atoms with Crippen LogP contribution in [-0.2, 0) is 0 Å². The van der Waals surface area contributed by atoms with Gasteiger partial charge in [-0.1, -0.05) is 12.1 Å². The number of hydrogen-bond acceptors (Lipinski definition) is 5. The third-order valence-electron chi connectivity index (χ3n) is 4.11. The molecule has 7 nitrogen and oxygen atoms in total. The molecule has 0 spiro atoms. The second kappa shape index (κ2) is 6.84. The van der Waals surface area contributed by atoms with Gasteiger partial charge in [0, 0.05) is 31.7 Å². The van der Waals surface area contributed by atoms with E-state index in [9.17, 15) is 4.79 Å². The van der Waals surface area contributed by atoms with Crippen molar-refractivity contribution in [2.24, 2.45) is 5.10 Å². The topological polar surface area (TPSA) is 79.8 Å². The van der Waals surface area contributed by atoms with E-state index in [0.717, 1.165) is 37.4 Å². The first-order chi connectivity index (χ1) is 11.5. The maximum absolute atomic E-state index is 12.5. The largest absolute Gasteiger partial charge is 0.368 e. The quantitative estimate of drug-likeness (QED) is 0.855. The number of aromatic nitrogens is 2. The van der Waals surface area contributed by atoms with Gasteiger partial charge in [0.05, 0.1) is 18.1 Å². The van der Waals surface area contributed by atoms with Crippen molar-refractivity contribution in [1.29, 1.82) is 0 Å². The summed E-state index contributed by atoms with van der Waals surface area (Å²) in [6, 6.07) is 7.44. The number of hydrogen-bond donors (Lipinski definition) is 1. The second-order valence-corrected chi connectivity index (χ2v) is 6.05. The molecule has 0 unspecified atom stereocenters. The molecule has 2 heterocycles. The van der Waals surface area contributed by atoms with Gasteiger partial charge in [-0.15, -0.1) is 0 Å². The van der Waals surface area contributed by atoms with Gasteiger partial charge in [0.2, 0.25) is 5.95 Å². The molecule has 1 aromatic carbocycles. The molecule has 1 aliphatic heterocycles. The lowest BCUT2D eigenvalue weighted by Gasteiger charge is -2.32. The Labute approximate surface area is 141 Å². The maximum Gasteiger partial charge on any atom is 0.253 e. The number of nitrogens with two attached hydrogens (primary N) is 1. The molecule has 0 bridgehead atoms. The summed E-state index contributed by atoms with van der Waals surface area (Å²) in [7, 11) is 2.07. The van der Waals surface area contributed by atoms with E-state index in [4.69, 9.17) is 5.73 Å². The third-order valence-corrected chi connectivity index (χ3v) is 4.11. The first-order valence-electron chi connectivity index (χ1n) is 7.96. The average Bonchev–Trinajstić information content (AvgIpc) is 2.91. The molecule has 1 fully saturated rings. The predicted octanol–water partition coefficient (Wildman–Crippen LogP) is 1.04. The molecule has 1 aromatic heterocycles. The van der Waals surface area contributed by atoms with Crippen molar-refractivity contribution in [3.8, 4) is 0 Å². The van der Waals surface area contributed by atoms with Gasteiger partial charge in [-0.25, -0.2) is 9.66 Å². The maximum atomic E-state index is 12.5. The van der Waals surface area contributed by atoms with Crippen molar-refractivity contribution in [3.05, 3.63) is 47.3 Å². The smallest absolute Gasteiger partial charge is 0.253 e. The van der Waals surface area contributed by atoms with Crippen molar-refractivity contribution < 1.29 is 4.79 Å². The van der Waals surface area contributed by atoms with Crippen molar-refractivity contribution in [3.63, 3.8) is 0 Å². The van der Waals surface area contributed by atoms with Crippen LogP contribution in [0.15, 0.2) is 35.6 Å². The lowest BCUT2D eigenvalue weighted by Crippen LogP contribution is -2.47. The molecule has 1 amide bonds. The van der Waals surface area contributed by atoms with E-state index in [0.29, 0.717) is 11.5 Å². The van der Waals surface area contributed by atoms with E-state index >= 15 is 0 Å². The van der Waals surface area contributed by atoms with Crippen molar-refractivity contribution in [1.82, 2.24) is 19.5 Å². The molecule has 0 saturated carbocycles. The van der Waals surface area contributed by atoms with Crippen molar-refractivity contribution in [2.75, 3.05) is 39.0 Å². The van der Waals surface area contributed by atoms with Crippen LogP contribution in [0.2, 0.25) is 0 Å². The zero-order valence-corrected chi connectivity index (χ0v) is 14.0. The van der Waals surface area contributed by atoms with E-state index in [1.165, 1.54) is 4.68 Å². The van der Waals surface area contributed by atoms with Crippen LogP contribution in [-0.4, -0.2) is 64.8 Å². The number of likely N-dealkylation sites (N-methyl/N-ethyl adjacent to an activating group) is 1. The van der Waals surface area contributed by atoms with Gasteiger partial charge in [-0.05, 0) is 31.7 Å². The standard InChI is InChI=1S/C17H22N6O/c1-13-12-23(17(18)20-13)19-11-14-3-5-15(6-4-14)16(24)22-9-7-21(2)8-10-22/h3-6,11-12H,7-10H2,1-2H3,(H2,18,20). The number of aryl methyl sites for hydroxylation is 1. The summed E-state index contributed by atoms with van der Waals surface area (Å²) >= 11 is 0. The minimum atomic E-state index is 0.0843. The first kappa shape index (κ1) is 16.2. The van der Waals surface area contributed by atoms with Gasteiger partial charge in [0.1, 0.15) is 0 Å². The Balaban J connectivity index is 1.67. The van der Waals surface area contributed by atoms with E-state index in [1.54, 1.807) is 12.4 Å². The molecule has 7 heteroatoms. The molecule has 126 valence electrons. The molecule has 2 aromatic rings. The van der Waals surface area contributed by atoms with E-state index in [2.05, 4.69) is 22.0 Å². The highest BCUT2D eigenvalue weighted by molar-refractivity contribution is 5.95. The van der Waals surface area contributed by atoms with Crippen LogP contribution in [0.1, 0.15) is 21.6 Å². The van der Waals surface area contributed by atoms with Gasteiger partial charge in [-0.3, -0.25) is 4.79 Å². The number of amides is 1. The van der Waals surface area contributed by atoms with Crippen LogP contribution in [0.3, 0.4) is 0 Å². The van der Waals surface area contributed by atoms with Crippen LogP contribution in [0.5, 0.6) is 0 Å². The summed E-state index contributed by atoms with van der Waals surface area (Å²) in [6.45, 7) is 5.25. The van der Waals surface area contributed by atoms with Gasteiger partial charge >= 0.3 is 0 Å². The summed E-state index contributed by atoms with van der Waals surface area (Å²) in [5.41, 5.74) is 8.17. The second-order valence-electron chi connectivity index (χ2n) is 6.05. The molecule has 1 saturated heterocycles. The highest BCUT2D eigenvalue weighted by Crippen LogP contribution is 2.10. The van der Waals surface area contributed by atoms with Crippen LogP contribution in [0, 0.1) is 6.92 Å². The van der Waals surface area contributed by atoms with E-state index < -0.39 is 0 Å². The number of imidazole rings is 1. The van der Waals surface area contributed by atoms with Gasteiger partial charge in [0.25, 0.3) is 5.91 Å². The molecule has 1 aliphatic rings. The molecule has 24 heavy (non-hydrogen) atoms. The minimum absolute atomic E-state index is 0.0843. The van der Waals surface area contributed by atoms with Gasteiger partial charge in [-0.2, -0.15) is 5.10 Å². The van der Waals surface area contributed by atoms with Crippen LogP contribution in [0.4, 0.5) is 5.95 Å². The number of carbonyl (C=O) groups excluding carboxylic acids is 1. The zero-order valence-electron chi connectivity index (χ0n) is 14.0. The van der Waals surface area contributed by atoms with Crippen molar-refractivity contribution in [2.45, 2.75) is 6.92 Å². The summed E-state index contributed by atoms with van der Waals surface area (Å²) in [6.07, 6.45) is 3.46. The number of rotatable bonds is 3. The molecule has 0 atom stereocenters. The van der Waals surface area contributed by atoms with Gasteiger partial charge in [0.15, 0.2) is 0 Å². The Morgan fingerprint density at radius 3 is 2.46 bits per heavy atom. The van der Waals surface area contributed by atoms with Crippen LogP contribution in [0.25, 0.3) is 0 Å². The fraction of sp³-hybridized carbons (Fsp3) is 0.353. The monoisotopic (exact) mass is 326 g/mol. The molecule has 0 radical (unpaired) electrons. The Bertz CT molecular complexity index is 741. The SMILES string of the molecule is Cc1cn(N=Cc2ccc(C(=O)N3CCN(C)CC3)cc2)c(N)n1. The molecular formula is C17H22N6O. The van der Waals surface area contributed by atoms with Crippen molar-refractivity contribution >= 4 is 18.1 Å². The Kier molecular flexibility index (Phi) is 4.61. The number of nitrogen functional groups attached to an aromatic ring is 1. The Hall–Kier alpha value is -2.67. The lowest BCUT2D eigenvalue weighted by atomic mass is 10.1. The zero-order chi connectivity index (χ0) is 17.1. The predicted molar refractivity (Wildman–Crippen MR) is 94.2 cm³/mol. The molecular weight excluding hydrogens is 304 g/mol. The summed E-state index contributed by atoms with van der Waals surface area (Å²) < 4.78 is 1.53. The average molecular weight is 326 g/mol. The Morgan fingerprint density at radius 2 is 1.88 bits per heavy atom. The summed E-state index contributed by atoms with van der Waals surface area (Å²) in [4.78, 5) is 20.7. The fourth-order valence-corrected chi connectivity index (χ4v) is 2.63. The minimum Gasteiger partial charge on any atom is -0.368 e. The molecule has 2 N–H and O–H groups in total. The normalized spacial score (nSPS) is 16.0. The summed E-state index contributed by atoms with van der Waals surface area (Å²) in [5, 5.41) is 4.27. The van der Waals surface area contributed by atoms with E-state index in [-0.39, 0.29) is 5.91 Å². The Morgan fingerprint density at radius 1 is 1.21 bits per heavy atom. The number of anilines is 1. The number of carbonyl (C=O) groups is 1. The molecule has 3 rings (SSSR count). The third kappa shape index (κ3) is 3.62. The number of benzene rings is 1. The lowest BCUT2D eigenvalue weighted by molar-refractivity contribution is 0.0664. The molecule has 0 aliphatic carbocycles. The van der Waals surface area contributed by atoms with Crippen LogP contribution >= 0.6 is 0 Å². The summed E-state index contributed by atoms with van der Waals surface area (Å²) in [5.74, 6) is 0.437.